The number of nitrogens with one attached hydrogen (secondary N) is 1. The van der Waals surface area contributed by atoms with E-state index in [1.807, 2.05) is 0 Å². The van der Waals surface area contributed by atoms with Crippen molar-refractivity contribution in [3.8, 4) is 0 Å². The Kier molecular flexibility index (Phi) is 4.05. The van der Waals surface area contributed by atoms with E-state index >= 15 is 0 Å². The molecule has 3 nitrogen and oxygen atoms in total. The summed E-state index contributed by atoms with van der Waals surface area (Å²) >= 11 is 0. The van der Waals surface area contributed by atoms with Crippen LogP contribution in [0.5, 0.6) is 0 Å². The van der Waals surface area contributed by atoms with E-state index in [1.165, 1.54) is 11.0 Å². The summed E-state index contributed by atoms with van der Waals surface area (Å²) in [4.78, 5) is 12.9. The zero-order chi connectivity index (χ0) is 9.97. The van der Waals surface area contributed by atoms with Crippen molar-refractivity contribution in [2.24, 2.45) is 0 Å². The number of nitrogens with zero attached hydrogens (tertiary/aromatic N) is 1. The van der Waals surface area contributed by atoms with Crippen LogP contribution >= 0.6 is 12.4 Å². The molecule has 1 aliphatic heterocycles. The predicted molar refractivity (Wildman–Crippen MR) is 58.9 cm³/mol. The molecule has 0 unspecified atom stereocenters. The first kappa shape index (κ1) is 11.9. The van der Waals surface area contributed by atoms with Crippen LogP contribution in [0.4, 0.5) is 10.1 Å². The number of hydrogen-bond acceptors (Lipinski definition) is 2. The average molecular weight is 231 g/mol. The van der Waals surface area contributed by atoms with Gasteiger partial charge in [-0.2, -0.15) is 0 Å². The molecule has 0 spiro atoms. The van der Waals surface area contributed by atoms with E-state index in [1.54, 1.807) is 18.2 Å². The van der Waals surface area contributed by atoms with Gasteiger partial charge in [-0.05, 0) is 12.1 Å². The first-order chi connectivity index (χ1) is 6.79. The van der Waals surface area contributed by atoms with Gasteiger partial charge in [0.15, 0.2) is 0 Å². The summed E-state index contributed by atoms with van der Waals surface area (Å²) < 4.78 is 13.3. The van der Waals surface area contributed by atoms with Crippen LogP contribution in [-0.2, 0) is 4.79 Å². The van der Waals surface area contributed by atoms with Crippen molar-refractivity contribution in [2.45, 2.75) is 0 Å². The fourth-order valence-electron chi connectivity index (χ4n) is 1.53. The van der Waals surface area contributed by atoms with Crippen LogP contribution in [0.25, 0.3) is 0 Å². The van der Waals surface area contributed by atoms with E-state index in [-0.39, 0.29) is 30.7 Å². The average Bonchev–Trinajstić information content (AvgIpc) is 2.20. The van der Waals surface area contributed by atoms with Crippen LogP contribution in [-0.4, -0.2) is 25.5 Å². The third kappa shape index (κ3) is 2.46. The number of amides is 1. The van der Waals surface area contributed by atoms with Gasteiger partial charge in [0.1, 0.15) is 5.82 Å². The molecule has 0 saturated carbocycles. The number of benzene rings is 1. The lowest BCUT2D eigenvalue weighted by Gasteiger charge is -2.27. The van der Waals surface area contributed by atoms with Gasteiger partial charge in [-0.3, -0.25) is 4.79 Å². The molecule has 1 heterocycles. The van der Waals surface area contributed by atoms with Crippen LogP contribution in [0.3, 0.4) is 0 Å². The van der Waals surface area contributed by atoms with Gasteiger partial charge < -0.3 is 10.2 Å². The molecule has 1 fully saturated rings. The Bertz CT molecular complexity index is 359. The lowest BCUT2D eigenvalue weighted by molar-refractivity contribution is -0.118. The van der Waals surface area contributed by atoms with E-state index in [0.29, 0.717) is 18.8 Å². The lowest BCUT2D eigenvalue weighted by Crippen LogP contribution is -2.48. The maximum atomic E-state index is 13.3. The molecule has 5 heteroatoms. The molecule has 82 valence electrons. The van der Waals surface area contributed by atoms with Crippen molar-refractivity contribution in [3.05, 3.63) is 30.1 Å². The molecule has 1 N–H and O–H groups in total. The summed E-state index contributed by atoms with van der Waals surface area (Å²) in [6, 6.07) is 6.34. The second-order valence-corrected chi connectivity index (χ2v) is 3.17. The zero-order valence-electron chi connectivity index (χ0n) is 8.07. The van der Waals surface area contributed by atoms with Crippen LogP contribution < -0.4 is 10.2 Å². The molecule has 1 aromatic carbocycles. The van der Waals surface area contributed by atoms with Gasteiger partial charge in [-0.1, -0.05) is 12.1 Å². The molecule has 1 aromatic rings. The van der Waals surface area contributed by atoms with Crippen molar-refractivity contribution in [1.29, 1.82) is 0 Å². The quantitative estimate of drug-likeness (QED) is 0.786. The second kappa shape index (κ2) is 5.09. The van der Waals surface area contributed by atoms with Gasteiger partial charge in [0, 0.05) is 13.1 Å². The minimum absolute atomic E-state index is 0. The molecule has 0 atom stereocenters. The molecule has 0 aliphatic carbocycles. The van der Waals surface area contributed by atoms with Gasteiger partial charge in [0.05, 0.1) is 12.2 Å². The number of halogens is 2. The normalized spacial score (nSPS) is 16.1. The van der Waals surface area contributed by atoms with Gasteiger partial charge in [-0.15, -0.1) is 12.4 Å². The Balaban J connectivity index is 0.00000112. The highest BCUT2D eigenvalue weighted by Gasteiger charge is 2.21. The Labute approximate surface area is 93.7 Å². The second-order valence-electron chi connectivity index (χ2n) is 3.17. The van der Waals surface area contributed by atoms with Gasteiger partial charge >= 0.3 is 0 Å². The third-order valence-corrected chi connectivity index (χ3v) is 2.23. The van der Waals surface area contributed by atoms with Crippen molar-refractivity contribution in [2.75, 3.05) is 24.5 Å². The van der Waals surface area contributed by atoms with Gasteiger partial charge in [0.25, 0.3) is 0 Å². The summed E-state index contributed by atoms with van der Waals surface area (Å²) in [6.07, 6.45) is 0. The summed E-state index contributed by atoms with van der Waals surface area (Å²) in [7, 11) is 0. The smallest absolute Gasteiger partial charge is 0.241 e. The number of carbonyl (C=O) groups excluding carboxylic acids is 1. The summed E-state index contributed by atoms with van der Waals surface area (Å²) in [6.45, 7) is 1.52. The fraction of sp³-hybridized carbons (Fsp3) is 0.300. The molecular weight excluding hydrogens is 219 g/mol. The maximum absolute atomic E-state index is 13.3. The van der Waals surface area contributed by atoms with E-state index in [2.05, 4.69) is 5.32 Å². The van der Waals surface area contributed by atoms with Crippen molar-refractivity contribution < 1.29 is 9.18 Å². The van der Waals surface area contributed by atoms with E-state index < -0.39 is 0 Å². The van der Waals surface area contributed by atoms with Crippen molar-refractivity contribution in [1.82, 2.24) is 5.32 Å². The minimum atomic E-state index is -0.345. The lowest BCUT2D eigenvalue weighted by atomic mass is 10.2. The number of carbonyl (C=O) groups is 1. The molecule has 1 saturated heterocycles. The predicted octanol–water partition coefficient (Wildman–Crippen LogP) is 1.18. The molecule has 1 aliphatic rings. The Morgan fingerprint density at radius 2 is 2.07 bits per heavy atom. The third-order valence-electron chi connectivity index (χ3n) is 2.23. The number of hydrogen-bond donors (Lipinski definition) is 1. The minimum Gasteiger partial charge on any atom is -0.307 e. The number of piperazine rings is 1. The van der Waals surface area contributed by atoms with E-state index in [0.717, 1.165) is 0 Å². The number of anilines is 1. The Morgan fingerprint density at radius 3 is 2.73 bits per heavy atom. The van der Waals surface area contributed by atoms with Crippen LogP contribution in [0.15, 0.2) is 24.3 Å². The number of rotatable bonds is 1. The van der Waals surface area contributed by atoms with Gasteiger partial charge in [0.2, 0.25) is 5.91 Å². The van der Waals surface area contributed by atoms with Crippen molar-refractivity contribution >= 4 is 24.0 Å². The standard InChI is InChI=1S/C10H11FN2O.ClH/c11-8-3-1-2-4-9(8)13-6-5-12-7-10(13)14;/h1-4,12H,5-7H2;1H. The zero-order valence-corrected chi connectivity index (χ0v) is 8.89. The van der Waals surface area contributed by atoms with Crippen LogP contribution in [0, 0.1) is 5.82 Å². The van der Waals surface area contributed by atoms with Crippen LogP contribution in [0.2, 0.25) is 0 Å². The summed E-state index contributed by atoms with van der Waals surface area (Å²) in [5.41, 5.74) is 0.374. The fourth-order valence-corrected chi connectivity index (χ4v) is 1.53. The van der Waals surface area contributed by atoms with Crippen molar-refractivity contribution in [3.63, 3.8) is 0 Å². The SMILES string of the molecule is Cl.O=C1CNCCN1c1ccccc1F. The summed E-state index contributed by atoms with van der Waals surface area (Å²) in [5, 5.41) is 2.94. The van der Waals surface area contributed by atoms with Gasteiger partial charge in [-0.25, -0.2) is 4.39 Å². The molecule has 0 bridgehead atoms. The highest BCUT2D eigenvalue weighted by molar-refractivity contribution is 5.95. The molecule has 0 aromatic heterocycles. The highest BCUT2D eigenvalue weighted by Crippen LogP contribution is 2.19. The molecule has 1 amide bonds. The molecule has 2 rings (SSSR count). The Hall–Kier alpha value is -1.13. The Morgan fingerprint density at radius 1 is 1.33 bits per heavy atom. The highest BCUT2D eigenvalue weighted by atomic mass is 35.5. The first-order valence-corrected chi connectivity index (χ1v) is 4.54. The molecule has 0 radical (unpaired) electrons. The topological polar surface area (TPSA) is 32.3 Å². The molecule has 15 heavy (non-hydrogen) atoms. The van der Waals surface area contributed by atoms with E-state index in [9.17, 15) is 9.18 Å². The first-order valence-electron chi connectivity index (χ1n) is 4.54. The van der Waals surface area contributed by atoms with E-state index in [4.69, 9.17) is 0 Å². The monoisotopic (exact) mass is 230 g/mol. The maximum Gasteiger partial charge on any atom is 0.241 e. The largest absolute Gasteiger partial charge is 0.307 e. The van der Waals surface area contributed by atoms with Crippen LogP contribution in [0.1, 0.15) is 0 Å². The summed E-state index contributed by atoms with van der Waals surface area (Å²) in [5.74, 6) is -0.427. The number of para-hydroxylation sites is 1. The molecular formula is C10H12ClFN2O.